The van der Waals surface area contributed by atoms with Crippen molar-refractivity contribution in [2.75, 3.05) is 6.54 Å². The number of hydrogen-bond donors (Lipinski definition) is 3. The van der Waals surface area contributed by atoms with Gasteiger partial charge in [0.2, 0.25) is 0 Å². The van der Waals surface area contributed by atoms with Crippen molar-refractivity contribution in [1.29, 1.82) is 0 Å². The predicted octanol–water partition coefficient (Wildman–Crippen LogP) is 2.75. The Morgan fingerprint density at radius 1 is 1.50 bits per heavy atom. The molecule has 3 N–H and O–H groups in total. The summed E-state index contributed by atoms with van der Waals surface area (Å²) in [4.78, 5) is 11.8. The maximum absolute atomic E-state index is 11.8. The van der Waals surface area contributed by atoms with E-state index in [0.717, 1.165) is 18.5 Å². The van der Waals surface area contributed by atoms with E-state index in [9.17, 15) is 4.79 Å². The van der Waals surface area contributed by atoms with Crippen molar-refractivity contribution in [3.05, 3.63) is 18.0 Å². The van der Waals surface area contributed by atoms with Crippen molar-refractivity contribution in [2.45, 2.75) is 64.6 Å². The molecule has 0 aromatic carbocycles. The molecule has 6 nitrogen and oxygen atoms in total. The molecule has 3 atom stereocenters. The molecule has 0 bridgehead atoms. The molecule has 1 saturated carbocycles. The second-order valence-electron chi connectivity index (χ2n) is 7.08. The summed E-state index contributed by atoms with van der Waals surface area (Å²) in [6.45, 7) is 8.40. The lowest BCUT2D eigenvalue weighted by molar-refractivity contribution is 0.0517. The summed E-state index contributed by atoms with van der Waals surface area (Å²) in [5.74, 6) is 0.442. The van der Waals surface area contributed by atoms with Gasteiger partial charge in [-0.15, -0.1) is 0 Å². The van der Waals surface area contributed by atoms with Gasteiger partial charge >= 0.3 is 6.09 Å². The fourth-order valence-electron chi connectivity index (χ4n) is 2.95. The molecule has 1 aromatic rings. The summed E-state index contributed by atoms with van der Waals surface area (Å²) < 4.78 is 5.29. The van der Waals surface area contributed by atoms with Crippen LogP contribution < -0.4 is 10.6 Å². The van der Waals surface area contributed by atoms with E-state index in [0.29, 0.717) is 18.5 Å². The Kier molecular flexibility index (Phi) is 5.45. The average molecular weight is 308 g/mol. The topological polar surface area (TPSA) is 79.0 Å². The SMILES string of the molecule is CC(NC1CCCC1CNC(=O)OC(C)(C)C)c1ccn[nH]1. The molecule has 1 aromatic heterocycles. The van der Waals surface area contributed by atoms with Crippen LogP contribution in [0.15, 0.2) is 12.3 Å². The quantitative estimate of drug-likeness (QED) is 0.781. The molecule has 1 heterocycles. The Balaban J connectivity index is 1.79. The van der Waals surface area contributed by atoms with E-state index in [2.05, 4.69) is 27.8 Å². The minimum atomic E-state index is -0.452. The van der Waals surface area contributed by atoms with Gasteiger partial charge in [-0.1, -0.05) is 6.42 Å². The van der Waals surface area contributed by atoms with Gasteiger partial charge in [-0.25, -0.2) is 4.79 Å². The molecule has 1 aliphatic carbocycles. The molecule has 3 unspecified atom stereocenters. The van der Waals surface area contributed by atoms with Crippen LogP contribution in [-0.2, 0) is 4.74 Å². The first-order valence-corrected chi connectivity index (χ1v) is 8.07. The largest absolute Gasteiger partial charge is 0.444 e. The van der Waals surface area contributed by atoms with Crippen LogP contribution in [-0.4, -0.2) is 34.5 Å². The Morgan fingerprint density at radius 2 is 2.27 bits per heavy atom. The van der Waals surface area contributed by atoms with Crippen LogP contribution in [0, 0.1) is 5.92 Å². The van der Waals surface area contributed by atoms with E-state index in [1.807, 2.05) is 26.8 Å². The number of rotatable bonds is 5. The molecule has 1 aliphatic rings. The van der Waals surface area contributed by atoms with Crippen molar-refractivity contribution < 1.29 is 9.53 Å². The van der Waals surface area contributed by atoms with Gasteiger partial charge in [0.25, 0.3) is 0 Å². The highest BCUT2D eigenvalue weighted by atomic mass is 16.6. The Hall–Kier alpha value is -1.56. The van der Waals surface area contributed by atoms with Crippen LogP contribution in [0.5, 0.6) is 0 Å². The summed E-state index contributed by atoms with van der Waals surface area (Å²) in [6, 6.07) is 2.63. The Bertz CT molecular complexity index is 467. The van der Waals surface area contributed by atoms with Crippen LogP contribution in [0.4, 0.5) is 4.79 Å². The molecule has 0 radical (unpaired) electrons. The van der Waals surface area contributed by atoms with Crippen molar-refractivity contribution in [3.8, 4) is 0 Å². The number of aromatic nitrogens is 2. The van der Waals surface area contributed by atoms with E-state index in [1.54, 1.807) is 6.20 Å². The number of hydrogen-bond acceptors (Lipinski definition) is 4. The lowest BCUT2D eigenvalue weighted by Gasteiger charge is -2.25. The number of nitrogens with zero attached hydrogens (tertiary/aromatic N) is 1. The molecule has 0 spiro atoms. The number of amides is 1. The fourth-order valence-corrected chi connectivity index (χ4v) is 2.95. The zero-order valence-corrected chi connectivity index (χ0v) is 14.0. The van der Waals surface area contributed by atoms with Crippen LogP contribution in [0.1, 0.15) is 58.7 Å². The standard InChI is InChI=1S/C16H28N4O2/c1-11(13-8-9-18-20-13)19-14-7-5-6-12(14)10-17-15(21)22-16(2,3)4/h8-9,11-12,14,19H,5-7,10H2,1-4H3,(H,17,21)(H,18,20). The summed E-state index contributed by atoms with van der Waals surface area (Å²) in [5.41, 5.74) is 0.637. The van der Waals surface area contributed by atoms with Crippen molar-refractivity contribution in [1.82, 2.24) is 20.8 Å². The fraction of sp³-hybridized carbons (Fsp3) is 0.750. The first-order valence-electron chi connectivity index (χ1n) is 8.07. The Labute approximate surface area is 132 Å². The molecular formula is C16H28N4O2. The van der Waals surface area contributed by atoms with E-state index in [-0.39, 0.29) is 12.1 Å². The lowest BCUT2D eigenvalue weighted by atomic mass is 10.0. The second kappa shape index (κ2) is 7.13. The number of ether oxygens (including phenoxy) is 1. The van der Waals surface area contributed by atoms with Gasteiger partial charge in [-0.2, -0.15) is 5.10 Å². The van der Waals surface area contributed by atoms with E-state index in [4.69, 9.17) is 4.74 Å². The molecule has 1 amide bonds. The third kappa shape index (κ3) is 5.02. The molecule has 0 saturated heterocycles. The number of carbonyl (C=O) groups excluding carboxylic acids is 1. The van der Waals surface area contributed by atoms with Crippen molar-refractivity contribution in [2.24, 2.45) is 5.92 Å². The predicted molar refractivity (Wildman–Crippen MR) is 85.5 cm³/mol. The first kappa shape index (κ1) is 16.8. The molecule has 124 valence electrons. The summed E-state index contributed by atoms with van der Waals surface area (Å²) >= 11 is 0. The van der Waals surface area contributed by atoms with E-state index >= 15 is 0 Å². The van der Waals surface area contributed by atoms with E-state index in [1.165, 1.54) is 6.42 Å². The molecule has 2 rings (SSSR count). The minimum absolute atomic E-state index is 0.231. The van der Waals surface area contributed by atoms with Crippen LogP contribution in [0.25, 0.3) is 0 Å². The Morgan fingerprint density at radius 3 is 2.91 bits per heavy atom. The highest BCUT2D eigenvalue weighted by Gasteiger charge is 2.29. The van der Waals surface area contributed by atoms with E-state index < -0.39 is 5.60 Å². The average Bonchev–Trinajstić information content (AvgIpc) is 3.05. The van der Waals surface area contributed by atoms with Crippen LogP contribution >= 0.6 is 0 Å². The van der Waals surface area contributed by atoms with Crippen LogP contribution in [0.3, 0.4) is 0 Å². The first-order chi connectivity index (χ1) is 10.3. The highest BCUT2D eigenvalue weighted by Crippen LogP contribution is 2.27. The highest BCUT2D eigenvalue weighted by molar-refractivity contribution is 5.67. The smallest absolute Gasteiger partial charge is 0.407 e. The number of aromatic amines is 1. The third-order valence-electron chi connectivity index (χ3n) is 4.02. The molecule has 1 fully saturated rings. The second-order valence-corrected chi connectivity index (χ2v) is 7.08. The molecular weight excluding hydrogens is 280 g/mol. The van der Waals surface area contributed by atoms with Gasteiger partial charge in [0.15, 0.2) is 0 Å². The zero-order valence-electron chi connectivity index (χ0n) is 14.0. The maximum atomic E-state index is 11.8. The monoisotopic (exact) mass is 308 g/mol. The number of alkyl carbamates (subject to hydrolysis) is 1. The third-order valence-corrected chi connectivity index (χ3v) is 4.02. The van der Waals surface area contributed by atoms with Gasteiger partial charge in [0, 0.05) is 24.8 Å². The van der Waals surface area contributed by atoms with Crippen molar-refractivity contribution >= 4 is 6.09 Å². The molecule has 22 heavy (non-hydrogen) atoms. The van der Waals surface area contributed by atoms with Gasteiger partial charge in [-0.3, -0.25) is 5.10 Å². The molecule has 0 aliphatic heterocycles. The summed E-state index contributed by atoms with van der Waals surface area (Å²) in [7, 11) is 0. The van der Waals surface area contributed by atoms with Crippen LogP contribution in [0.2, 0.25) is 0 Å². The van der Waals surface area contributed by atoms with Crippen molar-refractivity contribution in [3.63, 3.8) is 0 Å². The van der Waals surface area contributed by atoms with Gasteiger partial charge < -0.3 is 15.4 Å². The number of carbonyl (C=O) groups is 1. The number of H-pyrrole nitrogens is 1. The lowest BCUT2D eigenvalue weighted by Crippen LogP contribution is -2.41. The number of nitrogens with one attached hydrogen (secondary N) is 3. The summed E-state index contributed by atoms with van der Waals surface area (Å²) in [5, 5.41) is 13.5. The van der Waals surface area contributed by atoms with Gasteiger partial charge in [0.1, 0.15) is 5.60 Å². The maximum Gasteiger partial charge on any atom is 0.407 e. The minimum Gasteiger partial charge on any atom is -0.444 e. The van der Waals surface area contributed by atoms with Gasteiger partial charge in [-0.05, 0) is 52.5 Å². The normalized spacial score (nSPS) is 23.3. The zero-order chi connectivity index (χ0) is 16.2. The molecule has 6 heteroatoms. The summed E-state index contributed by atoms with van der Waals surface area (Å²) in [6.07, 6.45) is 4.89. The van der Waals surface area contributed by atoms with Gasteiger partial charge in [0.05, 0.1) is 5.69 Å².